The minimum absolute atomic E-state index is 0.147. The molecule has 1 aromatic carbocycles. The monoisotopic (exact) mass is 749 g/mol. The number of aryl methyl sites for hydroxylation is 1. The third kappa shape index (κ3) is 7.03. The van der Waals surface area contributed by atoms with Crippen LogP contribution in [-0.4, -0.2) is 78.6 Å². The van der Waals surface area contributed by atoms with Gasteiger partial charge in [-0.05, 0) is 76.3 Å². The molecule has 0 bridgehead atoms. The number of hydrogen-bond donors (Lipinski definition) is 2. The summed E-state index contributed by atoms with van der Waals surface area (Å²) < 4.78 is 40.2. The zero-order valence-electron chi connectivity index (χ0n) is 30.3. The van der Waals surface area contributed by atoms with Gasteiger partial charge >= 0.3 is 0 Å². The number of pyridine rings is 1. The van der Waals surface area contributed by atoms with Crippen LogP contribution in [0.15, 0.2) is 35.7 Å². The van der Waals surface area contributed by atoms with Crippen molar-refractivity contribution in [2.45, 2.75) is 94.9 Å². The molecule has 5 atom stereocenters. The molecule has 2 N–H and O–H groups in total. The second-order valence-electron chi connectivity index (χ2n) is 15.1. The highest BCUT2D eigenvalue weighted by molar-refractivity contribution is 7.91. The molecule has 14 heteroatoms. The second kappa shape index (κ2) is 14.1. The maximum atomic E-state index is 14.3. The van der Waals surface area contributed by atoms with E-state index in [0.29, 0.717) is 48.5 Å². The molecule has 3 aliphatic carbocycles. The van der Waals surface area contributed by atoms with Gasteiger partial charge in [0.2, 0.25) is 21.8 Å². The molecular formula is C38H47N5O7S2. The first kappa shape index (κ1) is 36.3. The number of carbonyl (C=O) groups excluding carboxylic acids is 3. The van der Waals surface area contributed by atoms with Crippen LogP contribution in [0, 0.1) is 24.7 Å². The highest BCUT2D eigenvalue weighted by Gasteiger charge is 2.62. The van der Waals surface area contributed by atoms with Gasteiger partial charge in [-0.15, -0.1) is 11.3 Å². The minimum atomic E-state index is -3.83. The van der Waals surface area contributed by atoms with Crippen molar-refractivity contribution >= 4 is 50.0 Å². The van der Waals surface area contributed by atoms with Crippen LogP contribution in [0.2, 0.25) is 0 Å². The summed E-state index contributed by atoms with van der Waals surface area (Å²) in [5.74, 6) is -1.63. The fourth-order valence-corrected chi connectivity index (χ4v) is 9.85. The first-order valence-corrected chi connectivity index (χ1v) is 20.6. The van der Waals surface area contributed by atoms with Gasteiger partial charge in [0, 0.05) is 41.9 Å². The normalized spacial score (nSPS) is 26.8. The van der Waals surface area contributed by atoms with E-state index < -0.39 is 50.6 Å². The zero-order chi connectivity index (χ0) is 36.9. The fraction of sp³-hybridized carbons (Fsp3) is 0.553. The standard InChI is InChI=1S/C38H47N5O7S2/c1-21(2)30-20-51-35(40-30)29-18-32(26-13-14-31(49-5)22(3)33(26)39-29)50-24-16-27-28(17-24)36(45)43(4)15-9-7-6-8-10-23-19-38(23,41-34(27)44)37(46)42-52(47,48)25-11-12-25/h8,10,13-14,18,20-21,23-25,27-28H,6-7,9,11-12,15-17,19H2,1-5H3,(H,41,44)(H,42,46)/t23-,24-,27-,28?,38-/m1/s1. The minimum Gasteiger partial charge on any atom is -0.496 e. The number of sulfonamides is 1. The van der Waals surface area contributed by atoms with Gasteiger partial charge in [-0.3, -0.25) is 19.1 Å². The predicted octanol–water partition coefficient (Wildman–Crippen LogP) is 5.25. The highest BCUT2D eigenvalue weighted by Crippen LogP contribution is 2.47. The number of hydrogen-bond acceptors (Lipinski definition) is 10. The molecular weight excluding hydrogens is 703 g/mol. The average molecular weight is 750 g/mol. The van der Waals surface area contributed by atoms with E-state index in [2.05, 4.69) is 23.9 Å². The summed E-state index contributed by atoms with van der Waals surface area (Å²) in [4.78, 5) is 53.5. The lowest BCUT2D eigenvalue weighted by atomic mass is 9.93. The van der Waals surface area contributed by atoms with Crippen molar-refractivity contribution in [3.05, 3.63) is 47.0 Å². The summed E-state index contributed by atoms with van der Waals surface area (Å²) in [6.07, 6.45) is 7.61. The number of carbonyl (C=O) groups is 3. The lowest BCUT2D eigenvalue weighted by Gasteiger charge is -2.26. The molecule has 278 valence electrons. The van der Waals surface area contributed by atoms with Crippen LogP contribution in [0.5, 0.6) is 11.5 Å². The number of fused-ring (bicyclic) bond motifs is 3. The Labute approximate surface area is 308 Å². The SMILES string of the molecule is COc1ccc2c(O[C@H]3CC4C(=O)N(C)CCCCC=C[C@@H]5C[C@@]5(C(=O)NS(=O)(=O)C5CC5)NC(=O)[C@@H]4C3)cc(-c3nc(C(C)C)cs3)nc2c1C. The summed E-state index contributed by atoms with van der Waals surface area (Å²) in [5.41, 5.74) is 1.79. The Balaban J connectivity index is 1.21. The number of nitrogens with zero attached hydrogens (tertiary/aromatic N) is 3. The number of methoxy groups -OCH3 is 1. The van der Waals surface area contributed by atoms with Gasteiger partial charge in [0.05, 0.1) is 35.4 Å². The third-order valence-corrected chi connectivity index (χ3v) is 13.7. The van der Waals surface area contributed by atoms with Crippen molar-refractivity contribution < 1.29 is 32.3 Å². The molecule has 3 saturated carbocycles. The molecule has 52 heavy (non-hydrogen) atoms. The Bertz CT molecular complexity index is 2040. The van der Waals surface area contributed by atoms with Gasteiger partial charge in [0.15, 0.2) is 0 Å². The van der Waals surface area contributed by atoms with Crippen LogP contribution in [0.25, 0.3) is 21.6 Å². The number of ether oxygens (including phenoxy) is 2. The van der Waals surface area contributed by atoms with E-state index in [-0.39, 0.29) is 30.6 Å². The maximum Gasteiger partial charge on any atom is 0.259 e. The lowest BCUT2D eigenvalue weighted by molar-refractivity contribution is -0.140. The summed E-state index contributed by atoms with van der Waals surface area (Å²) in [6.45, 7) is 6.69. The van der Waals surface area contributed by atoms with Crippen LogP contribution in [-0.2, 0) is 24.4 Å². The topological polar surface area (TPSA) is 157 Å². The molecule has 2 aromatic heterocycles. The molecule has 3 heterocycles. The third-order valence-electron chi connectivity index (χ3n) is 11.0. The van der Waals surface area contributed by atoms with Gasteiger partial charge in [-0.25, -0.2) is 18.4 Å². The van der Waals surface area contributed by atoms with E-state index in [1.807, 2.05) is 42.7 Å². The van der Waals surface area contributed by atoms with Gasteiger partial charge < -0.3 is 19.7 Å². The van der Waals surface area contributed by atoms with E-state index >= 15 is 0 Å². The number of aromatic nitrogens is 2. The fourth-order valence-electron chi connectivity index (χ4n) is 7.55. The molecule has 3 aromatic rings. The number of benzene rings is 1. The van der Waals surface area contributed by atoms with Crippen molar-refractivity contribution in [1.29, 1.82) is 0 Å². The molecule has 4 aliphatic rings. The van der Waals surface area contributed by atoms with Crippen LogP contribution < -0.4 is 19.5 Å². The molecule has 3 fully saturated rings. The van der Waals surface area contributed by atoms with Crippen LogP contribution in [0.3, 0.4) is 0 Å². The van der Waals surface area contributed by atoms with Gasteiger partial charge in [-0.2, -0.15) is 0 Å². The summed E-state index contributed by atoms with van der Waals surface area (Å²) in [5, 5.41) is 5.95. The van der Waals surface area contributed by atoms with Crippen molar-refractivity contribution in [3.63, 3.8) is 0 Å². The van der Waals surface area contributed by atoms with E-state index in [1.54, 1.807) is 19.1 Å². The summed E-state index contributed by atoms with van der Waals surface area (Å²) >= 11 is 1.51. The molecule has 0 spiro atoms. The molecule has 1 aliphatic heterocycles. The van der Waals surface area contributed by atoms with Crippen molar-refractivity contribution in [1.82, 2.24) is 24.9 Å². The van der Waals surface area contributed by atoms with Crippen LogP contribution >= 0.6 is 11.3 Å². The van der Waals surface area contributed by atoms with Crippen molar-refractivity contribution in [2.24, 2.45) is 17.8 Å². The van der Waals surface area contributed by atoms with Gasteiger partial charge in [0.1, 0.15) is 33.8 Å². The Kier molecular flexibility index (Phi) is 9.83. The van der Waals surface area contributed by atoms with E-state index in [4.69, 9.17) is 19.4 Å². The number of nitrogens with one attached hydrogen (secondary N) is 2. The number of thiazole rings is 1. The average Bonchev–Trinajstić information content (AvgIpc) is 3.98. The molecule has 0 saturated heterocycles. The quantitative estimate of drug-likeness (QED) is 0.294. The Morgan fingerprint density at radius 1 is 1.12 bits per heavy atom. The van der Waals surface area contributed by atoms with Crippen LogP contribution in [0.1, 0.15) is 82.4 Å². The zero-order valence-corrected chi connectivity index (χ0v) is 31.9. The lowest BCUT2D eigenvalue weighted by Crippen LogP contribution is -2.54. The first-order valence-electron chi connectivity index (χ1n) is 18.2. The van der Waals surface area contributed by atoms with Crippen LogP contribution in [0.4, 0.5) is 0 Å². The molecule has 1 unspecified atom stereocenters. The molecule has 0 radical (unpaired) electrons. The van der Waals surface area contributed by atoms with Gasteiger partial charge in [0.25, 0.3) is 5.91 Å². The number of allylic oxidation sites excluding steroid dienone is 1. The van der Waals surface area contributed by atoms with E-state index in [1.165, 1.54) is 11.3 Å². The summed E-state index contributed by atoms with van der Waals surface area (Å²) in [6, 6.07) is 5.66. The second-order valence-corrected chi connectivity index (χ2v) is 17.9. The van der Waals surface area contributed by atoms with Crippen molar-refractivity contribution in [3.8, 4) is 22.2 Å². The largest absolute Gasteiger partial charge is 0.496 e. The number of amides is 3. The Morgan fingerprint density at radius 2 is 1.88 bits per heavy atom. The first-order chi connectivity index (χ1) is 24.8. The molecule has 12 nitrogen and oxygen atoms in total. The van der Waals surface area contributed by atoms with Gasteiger partial charge in [-0.1, -0.05) is 26.0 Å². The predicted molar refractivity (Wildman–Crippen MR) is 199 cm³/mol. The highest BCUT2D eigenvalue weighted by atomic mass is 32.2. The smallest absolute Gasteiger partial charge is 0.259 e. The summed E-state index contributed by atoms with van der Waals surface area (Å²) in [7, 11) is -0.445. The molecule has 7 rings (SSSR count). The van der Waals surface area contributed by atoms with E-state index in [9.17, 15) is 22.8 Å². The molecule has 3 amide bonds. The maximum absolute atomic E-state index is 14.3. The number of rotatable bonds is 8. The van der Waals surface area contributed by atoms with Crippen molar-refractivity contribution in [2.75, 3.05) is 20.7 Å². The Hall–Kier alpha value is -4.04. The Morgan fingerprint density at radius 3 is 2.60 bits per heavy atom. The van der Waals surface area contributed by atoms with E-state index in [0.717, 1.165) is 40.9 Å².